The second-order valence-electron chi connectivity index (χ2n) is 9.15. The van der Waals surface area contributed by atoms with E-state index in [-0.39, 0.29) is 28.8 Å². The van der Waals surface area contributed by atoms with Crippen molar-refractivity contribution in [1.29, 1.82) is 0 Å². The smallest absolute Gasteiger partial charge is 0.264 e. The molecule has 9 nitrogen and oxygen atoms in total. The van der Waals surface area contributed by atoms with Crippen LogP contribution in [0.3, 0.4) is 0 Å². The number of carbonyl (C=O) groups excluding carboxylic acids is 2. The van der Waals surface area contributed by atoms with Gasteiger partial charge in [0.15, 0.2) is 11.5 Å². The number of anilines is 1. The van der Waals surface area contributed by atoms with E-state index in [4.69, 9.17) is 21.1 Å². The first-order valence-corrected chi connectivity index (χ1v) is 15.1. The van der Waals surface area contributed by atoms with Crippen molar-refractivity contribution in [3.63, 3.8) is 0 Å². The van der Waals surface area contributed by atoms with Crippen LogP contribution in [-0.2, 0) is 26.0 Å². The molecule has 2 amide bonds. The predicted octanol–water partition coefficient (Wildman–Crippen LogP) is 4.54. The summed E-state index contributed by atoms with van der Waals surface area (Å²) in [5, 5.41) is 3.21. The Morgan fingerprint density at radius 3 is 2.17 bits per heavy atom. The van der Waals surface area contributed by atoms with Crippen LogP contribution in [0.1, 0.15) is 25.8 Å². The number of amides is 2. The molecule has 0 aliphatic carbocycles. The molecule has 1 N–H and O–H groups in total. The Labute approximate surface area is 247 Å². The molecule has 0 aromatic heterocycles. The van der Waals surface area contributed by atoms with Gasteiger partial charge in [-0.3, -0.25) is 13.9 Å². The molecule has 11 heteroatoms. The van der Waals surface area contributed by atoms with E-state index in [1.807, 2.05) is 37.3 Å². The molecular formula is C30H36ClN3O6S. The number of hydrogen-bond acceptors (Lipinski definition) is 6. The highest BCUT2D eigenvalue weighted by atomic mass is 35.5. The molecule has 1 atom stereocenters. The first-order valence-electron chi connectivity index (χ1n) is 13.3. The van der Waals surface area contributed by atoms with Crippen molar-refractivity contribution in [2.45, 2.75) is 37.6 Å². The lowest BCUT2D eigenvalue weighted by Crippen LogP contribution is -2.53. The Kier molecular flexibility index (Phi) is 11.4. The van der Waals surface area contributed by atoms with Crippen LogP contribution < -0.4 is 19.1 Å². The molecule has 0 saturated carbocycles. The Morgan fingerprint density at radius 2 is 1.59 bits per heavy atom. The van der Waals surface area contributed by atoms with Crippen molar-refractivity contribution in [3.05, 3.63) is 83.4 Å². The lowest BCUT2D eigenvalue weighted by molar-refractivity contribution is -0.139. The number of halogens is 1. The third-order valence-corrected chi connectivity index (χ3v) is 8.58. The zero-order chi connectivity index (χ0) is 30.0. The fraction of sp³-hybridized carbons (Fsp3) is 0.333. The standard InChI is InChI=1S/C30H36ClN3O6S/c1-5-26(30(36)32-6-2)33(19-18-22-10-8-7-9-11-22)29(35)21-34(24-14-12-23(31)13-15-24)41(37,38)25-16-17-27(39-3)28(20-25)40-4/h7-17,20,26H,5-6,18-19,21H2,1-4H3,(H,32,36). The number of nitrogens with zero attached hydrogens (tertiary/aromatic N) is 2. The summed E-state index contributed by atoms with van der Waals surface area (Å²) in [6.45, 7) is 3.71. The molecule has 0 saturated heterocycles. The predicted molar refractivity (Wildman–Crippen MR) is 160 cm³/mol. The van der Waals surface area contributed by atoms with Crippen LogP contribution in [0.25, 0.3) is 0 Å². The van der Waals surface area contributed by atoms with E-state index < -0.39 is 28.5 Å². The maximum atomic E-state index is 14.0. The molecule has 3 aromatic carbocycles. The molecule has 1 unspecified atom stereocenters. The SMILES string of the molecule is CCNC(=O)C(CC)N(CCc1ccccc1)C(=O)CN(c1ccc(Cl)cc1)S(=O)(=O)c1ccc(OC)c(OC)c1. The van der Waals surface area contributed by atoms with Crippen LogP contribution in [-0.4, -0.2) is 65.0 Å². The van der Waals surface area contributed by atoms with Gasteiger partial charge in [0.2, 0.25) is 11.8 Å². The minimum atomic E-state index is -4.28. The van der Waals surface area contributed by atoms with Gasteiger partial charge in [0, 0.05) is 24.2 Å². The summed E-state index contributed by atoms with van der Waals surface area (Å²) in [5.41, 5.74) is 1.23. The maximum Gasteiger partial charge on any atom is 0.264 e. The highest BCUT2D eigenvalue weighted by molar-refractivity contribution is 7.92. The molecule has 3 rings (SSSR count). The van der Waals surface area contributed by atoms with E-state index in [1.165, 1.54) is 49.5 Å². The monoisotopic (exact) mass is 601 g/mol. The van der Waals surface area contributed by atoms with Crippen molar-refractivity contribution in [3.8, 4) is 11.5 Å². The number of carbonyl (C=O) groups is 2. The van der Waals surface area contributed by atoms with E-state index in [1.54, 1.807) is 19.1 Å². The molecule has 0 bridgehead atoms. The molecule has 0 fully saturated rings. The van der Waals surface area contributed by atoms with Gasteiger partial charge in [0.05, 0.1) is 24.8 Å². The summed E-state index contributed by atoms with van der Waals surface area (Å²) in [6, 6.07) is 19.2. The third-order valence-electron chi connectivity index (χ3n) is 6.56. The Hall–Kier alpha value is -3.76. The van der Waals surface area contributed by atoms with Gasteiger partial charge in [-0.1, -0.05) is 48.9 Å². The second-order valence-corrected chi connectivity index (χ2v) is 11.4. The highest BCUT2D eigenvalue weighted by Crippen LogP contribution is 2.32. The first-order chi connectivity index (χ1) is 19.7. The molecular weight excluding hydrogens is 566 g/mol. The van der Waals surface area contributed by atoms with Gasteiger partial charge in [-0.25, -0.2) is 8.42 Å². The van der Waals surface area contributed by atoms with Crippen LogP contribution in [0.5, 0.6) is 11.5 Å². The van der Waals surface area contributed by atoms with Crippen LogP contribution in [0.15, 0.2) is 77.7 Å². The number of benzene rings is 3. The maximum absolute atomic E-state index is 14.0. The number of nitrogens with one attached hydrogen (secondary N) is 1. The summed E-state index contributed by atoms with van der Waals surface area (Å²) in [6.07, 6.45) is 0.849. The van der Waals surface area contributed by atoms with Gasteiger partial charge in [-0.05, 0) is 61.7 Å². The normalized spacial score (nSPS) is 11.8. The molecule has 0 radical (unpaired) electrons. The quantitative estimate of drug-likeness (QED) is 0.291. The zero-order valence-electron chi connectivity index (χ0n) is 23.7. The van der Waals surface area contributed by atoms with Crippen molar-refractivity contribution in [2.75, 3.05) is 38.2 Å². The van der Waals surface area contributed by atoms with Crippen LogP contribution in [0, 0.1) is 0 Å². The number of hydrogen-bond donors (Lipinski definition) is 1. The fourth-order valence-electron chi connectivity index (χ4n) is 4.43. The van der Waals surface area contributed by atoms with Gasteiger partial charge < -0.3 is 19.7 Å². The number of ether oxygens (including phenoxy) is 2. The van der Waals surface area contributed by atoms with E-state index in [2.05, 4.69) is 5.32 Å². The molecule has 0 aliphatic heterocycles. The average Bonchev–Trinajstić information content (AvgIpc) is 2.98. The minimum absolute atomic E-state index is 0.0931. The van der Waals surface area contributed by atoms with Crippen molar-refractivity contribution >= 4 is 39.1 Å². The highest BCUT2D eigenvalue weighted by Gasteiger charge is 2.33. The number of methoxy groups -OCH3 is 2. The van der Waals surface area contributed by atoms with E-state index >= 15 is 0 Å². The number of sulfonamides is 1. The van der Waals surface area contributed by atoms with Crippen LogP contribution >= 0.6 is 11.6 Å². The summed E-state index contributed by atoms with van der Waals surface area (Å²) < 4.78 is 39.7. The van der Waals surface area contributed by atoms with Gasteiger partial charge >= 0.3 is 0 Å². The Morgan fingerprint density at radius 1 is 0.927 bits per heavy atom. The first kappa shape index (κ1) is 31.8. The molecule has 0 heterocycles. The Bertz CT molecular complexity index is 1420. The Balaban J connectivity index is 2.04. The van der Waals surface area contributed by atoms with Crippen molar-refractivity contribution in [1.82, 2.24) is 10.2 Å². The lowest BCUT2D eigenvalue weighted by atomic mass is 10.1. The summed E-state index contributed by atoms with van der Waals surface area (Å²) in [5.74, 6) is -0.224. The third kappa shape index (κ3) is 7.92. The minimum Gasteiger partial charge on any atom is -0.493 e. The van der Waals surface area contributed by atoms with E-state index in [9.17, 15) is 18.0 Å². The summed E-state index contributed by atoms with van der Waals surface area (Å²) in [4.78, 5) is 28.4. The topological polar surface area (TPSA) is 105 Å². The average molecular weight is 602 g/mol. The van der Waals surface area contributed by atoms with Gasteiger partial charge in [-0.2, -0.15) is 0 Å². The van der Waals surface area contributed by atoms with Gasteiger partial charge in [0.25, 0.3) is 10.0 Å². The van der Waals surface area contributed by atoms with Crippen molar-refractivity contribution < 1.29 is 27.5 Å². The van der Waals surface area contributed by atoms with Gasteiger partial charge in [-0.15, -0.1) is 0 Å². The van der Waals surface area contributed by atoms with Crippen LogP contribution in [0.4, 0.5) is 5.69 Å². The molecule has 0 aliphatic rings. The fourth-order valence-corrected chi connectivity index (χ4v) is 5.98. The van der Waals surface area contributed by atoms with E-state index in [0.29, 0.717) is 30.2 Å². The lowest BCUT2D eigenvalue weighted by Gasteiger charge is -2.33. The zero-order valence-corrected chi connectivity index (χ0v) is 25.2. The molecule has 0 spiro atoms. The second kappa shape index (κ2) is 14.7. The largest absolute Gasteiger partial charge is 0.493 e. The molecule has 41 heavy (non-hydrogen) atoms. The summed E-state index contributed by atoms with van der Waals surface area (Å²) >= 11 is 6.08. The summed E-state index contributed by atoms with van der Waals surface area (Å²) in [7, 11) is -1.42. The van der Waals surface area contributed by atoms with Gasteiger partial charge in [0.1, 0.15) is 12.6 Å². The van der Waals surface area contributed by atoms with Crippen molar-refractivity contribution in [2.24, 2.45) is 0 Å². The van der Waals surface area contributed by atoms with E-state index in [0.717, 1.165) is 9.87 Å². The number of rotatable bonds is 14. The van der Waals surface area contributed by atoms with Crippen LogP contribution in [0.2, 0.25) is 5.02 Å². The molecule has 3 aromatic rings. The number of likely N-dealkylation sites (N-methyl/N-ethyl adjacent to an activating group) is 1. The molecule has 220 valence electrons.